The van der Waals surface area contributed by atoms with Gasteiger partial charge in [0, 0.05) is 0 Å². The van der Waals surface area contributed by atoms with Crippen LogP contribution in [0.2, 0.25) is 0 Å². The van der Waals surface area contributed by atoms with Crippen molar-refractivity contribution in [3.63, 3.8) is 0 Å². The maximum Gasteiger partial charge on any atom is 0.508 e. The van der Waals surface area contributed by atoms with E-state index in [-0.39, 0.29) is 0 Å². The van der Waals surface area contributed by atoms with Gasteiger partial charge in [0.05, 0.1) is 13.2 Å². The zero-order chi connectivity index (χ0) is 29.0. The van der Waals surface area contributed by atoms with Crippen LogP contribution in [0, 0.1) is 0 Å². The van der Waals surface area contributed by atoms with E-state index in [1.807, 2.05) is 0 Å². The van der Waals surface area contributed by atoms with Gasteiger partial charge in [-0.3, -0.25) is 0 Å². The predicted octanol–water partition coefficient (Wildman–Crippen LogP) is 13.4. The summed E-state index contributed by atoms with van der Waals surface area (Å²) in [5, 5.41) is 0. The van der Waals surface area contributed by atoms with Crippen LogP contribution in [-0.4, -0.2) is 19.4 Å². The molecule has 0 bridgehead atoms. The number of rotatable bonds is 33. The summed E-state index contributed by atoms with van der Waals surface area (Å²) in [6.45, 7) is 5.57. The van der Waals surface area contributed by atoms with Crippen LogP contribution in [0.15, 0.2) is 12.2 Å². The molecule has 3 nitrogen and oxygen atoms in total. The van der Waals surface area contributed by atoms with Gasteiger partial charge in [-0.05, 0) is 38.5 Å². The summed E-state index contributed by atoms with van der Waals surface area (Å²) in [7, 11) is 0. The minimum absolute atomic E-state index is 0.478. The third-order valence-electron chi connectivity index (χ3n) is 8.09. The molecule has 0 heterocycles. The SMILES string of the molecule is CCCCCCCCC=CCCCCCCCCOC(=O)OCCCCCCCCCCCCCCCCCC. The van der Waals surface area contributed by atoms with Crippen molar-refractivity contribution in [2.45, 2.75) is 206 Å². The van der Waals surface area contributed by atoms with Crippen LogP contribution < -0.4 is 0 Å². The first-order valence-corrected chi connectivity index (χ1v) is 18.3. The molecule has 238 valence electrons. The van der Waals surface area contributed by atoms with Gasteiger partial charge in [0.25, 0.3) is 0 Å². The molecule has 3 heteroatoms. The predicted molar refractivity (Wildman–Crippen MR) is 176 cm³/mol. The van der Waals surface area contributed by atoms with Crippen molar-refractivity contribution < 1.29 is 14.3 Å². The van der Waals surface area contributed by atoms with Gasteiger partial charge in [0.1, 0.15) is 0 Å². The van der Waals surface area contributed by atoms with E-state index in [4.69, 9.17) is 9.47 Å². The van der Waals surface area contributed by atoms with Gasteiger partial charge in [0.15, 0.2) is 0 Å². The lowest BCUT2D eigenvalue weighted by Crippen LogP contribution is -2.09. The molecule has 0 unspecified atom stereocenters. The van der Waals surface area contributed by atoms with Crippen molar-refractivity contribution in [2.75, 3.05) is 13.2 Å². The molecule has 0 fully saturated rings. The van der Waals surface area contributed by atoms with Crippen molar-refractivity contribution in [2.24, 2.45) is 0 Å². The van der Waals surface area contributed by atoms with Gasteiger partial charge in [-0.25, -0.2) is 4.79 Å². The Balaban J connectivity index is 3.18. The normalized spacial score (nSPS) is 11.4. The zero-order valence-corrected chi connectivity index (χ0v) is 27.5. The van der Waals surface area contributed by atoms with Crippen molar-refractivity contribution in [1.29, 1.82) is 0 Å². The molecule has 0 amide bonds. The Morgan fingerprint density at radius 2 is 0.625 bits per heavy atom. The van der Waals surface area contributed by atoms with E-state index in [1.54, 1.807) is 0 Å². The maximum absolute atomic E-state index is 11.7. The number of carbonyl (C=O) groups is 1. The summed E-state index contributed by atoms with van der Waals surface area (Å²) >= 11 is 0. The second-order valence-corrected chi connectivity index (χ2v) is 12.2. The van der Waals surface area contributed by atoms with Gasteiger partial charge in [-0.15, -0.1) is 0 Å². The molecule has 0 rings (SSSR count). The molecule has 0 saturated carbocycles. The Hall–Kier alpha value is -0.990. The minimum atomic E-state index is -0.478. The number of ether oxygens (including phenoxy) is 2. The first-order chi connectivity index (χ1) is 19.8. The van der Waals surface area contributed by atoms with Crippen LogP contribution >= 0.6 is 0 Å². The highest BCUT2D eigenvalue weighted by Gasteiger charge is 2.03. The Bertz CT molecular complexity index is 502. The standard InChI is InChI=1S/C37H72O3/c1-3-5-7-9-11-13-15-17-19-21-23-25-27-29-31-33-35-39-37(38)40-36-34-32-30-28-26-24-22-20-18-16-14-12-10-8-6-4-2/h17,19H,3-16,18,20-36H2,1-2H3. The van der Waals surface area contributed by atoms with E-state index in [0.29, 0.717) is 13.2 Å². The van der Waals surface area contributed by atoms with Crippen molar-refractivity contribution in [1.82, 2.24) is 0 Å². The summed E-state index contributed by atoms with van der Waals surface area (Å²) < 4.78 is 10.4. The lowest BCUT2D eigenvalue weighted by molar-refractivity contribution is 0.0529. The molecule has 0 aliphatic heterocycles. The molecular formula is C37H72O3. The van der Waals surface area contributed by atoms with Crippen molar-refractivity contribution in [3.05, 3.63) is 12.2 Å². The molecule has 0 aliphatic rings. The first kappa shape index (κ1) is 39.0. The lowest BCUT2D eigenvalue weighted by Gasteiger charge is -2.06. The van der Waals surface area contributed by atoms with Gasteiger partial charge >= 0.3 is 6.16 Å². The fourth-order valence-corrected chi connectivity index (χ4v) is 5.35. The molecule has 0 N–H and O–H groups in total. The first-order valence-electron chi connectivity index (χ1n) is 18.3. The summed E-state index contributed by atoms with van der Waals surface area (Å²) in [6.07, 6.45) is 43.9. The Morgan fingerprint density at radius 1 is 0.375 bits per heavy atom. The molecule has 0 atom stereocenters. The quantitative estimate of drug-likeness (QED) is 0.0451. The Labute approximate surface area is 252 Å². The van der Waals surface area contributed by atoms with Crippen LogP contribution in [0.3, 0.4) is 0 Å². The molecule has 40 heavy (non-hydrogen) atoms. The molecule has 0 aromatic heterocycles. The van der Waals surface area contributed by atoms with Crippen molar-refractivity contribution >= 4 is 6.16 Å². The van der Waals surface area contributed by atoms with E-state index in [1.165, 1.54) is 167 Å². The summed E-state index contributed by atoms with van der Waals surface area (Å²) in [6, 6.07) is 0. The number of allylic oxidation sites excluding steroid dienone is 2. The Morgan fingerprint density at radius 3 is 0.925 bits per heavy atom. The van der Waals surface area contributed by atoms with E-state index in [2.05, 4.69) is 26.0 Å². The second-order valence-electron chi connectivity index (χ2n) is 12.2. The third kappa shape index (κ3) is 35.0. The van der Waals surface area contributed by atoms with Crippen LogP contribution in [-0.2, 0) is 9.47 Å². The third-order valence-corrected chi connectivity index (χ3v) is 8.09. The molecule has 0 aliphatic carbocycles. The Kier molecular flexibility index (Phi) is 35.1. The smallest absolute Gasteiger partial charge is 0.434 e. The number of hydrogen-bond acceptors (Lipinski definition) is 3. The van der Waals surface area contributed by atoms with Crippen LogP contribution in [0.5, 0.6) is 0 Å². The molecule has 0 spiro atoms. The largest absolute Gasteiger partial charge is 0.508 e. The topological polar surface area (TPSA) is 35.5 Å². The van der Waals surface area contributed by atoms with Crippen LogP contribution in [0.25, 0.3) is 0 Å². The van der Waals surface area contributed by atoms with Crippen LogP contribution in [0.4, 0.5) is 4.79 Å². The minimum Gasteiger partial charge on any atom is -0.434 e. The maximum atomic E-state index is 11.7. The van der Waals surface area contributed by atoms with Gasteiger partial charge in [-0.1, -0.05) is 180 Å². The molecule has 0 saturated heterocycles. The molecule has 0 aromatic rings. The fraction of sp³-hybridized carbons (Fsp3) is 0.919. The molecule has 0 radical (unpaired) electrons. The average Bonchev–Trinajstić information content (AvgIpc) is 2.96. The number of hydrogen-bond donors (Lipinski definition) is 0. The van der Waals surface area contributed by atoms with E-state index in [9.17, 15) is 4.79 Å². The summed E-state index contributed by atoms with van der Waals surface area (Å²) in [4.78, 5) is 11.7. The molecular weight excluding hydrogens is 492 g/mol. The lowest BCUT2D eigenvalue weighted by atomic mass is 10.0. The van der Waals surface area contributed by atoms with Gasteiger partial charge < -0.3 is 9.47 Å². The van der Waals surface area contributed by atoms with E-state index >= 15 is 0 Å². The van der Waals surface area contributed by atoms with E-state index in [0.717, 1.165) is 25.7 Å². The van der Waals surface area contributed by atoms with Gasteiger partial charge in [0.2, 0.25) is 0 Å². The highest BCUT2D eigenvalue weighted by atomic mass is 16.7. The van der Waals surface area contributed by atoms with Crippen LogP contribution in [0.1, 0.15) is 206 Å². The highest BCUT2D eigenvalue weighted by molar-refractivity contribution is 5.59. The highest BCUT2D eigenvalue weighted by Crippen LogP contribution is 2.14. The zero-order valence-electron chi connectivity index (χ0n) is 27.5. The molecule has 0 aromatic carbocycles. The average molecular weight is 565 g/mol. The number of unbranched alkanes of at least 4 members (excludes halogenated alkanes) is 27. The monoisotopic (exact) mass is 565 g/mol. The second kappa shape index (κ2) is 36.0. The summed E-state index contributed by atoms with van der Waals surface area (Å²) in [5.41, 5.74) is 0. The summed E-state index contributed by atoms with van der Waals surface area (Å²) in [5.74, 6) is 0. The fourth-order valence-electron chi connectivity index (χ4n) is 5.35. The van der Waals surface area contributed by atoms with E-state index < -0.39 is 6.16 Å². The van der Waals surface area contributed by atoms with Crippen molar-refractivity contribution in [3.8, 4) is 0 Å². The number of carbonyl (C=O) groups excluding carboxylic acids is 1. The van der Waals surface area contributed by atoms with Gasteiger partial charge in [-0.2, -0.15) is 0 Å².